The quantitative estimate of drug-likeness (QED) is 0.443. The summed E-state index contributed by atoms with van der Waals surface area (Å²) in [5.41, 5.74) is 2.84. The van der Waals surface area contributed by atoms with Crippen molar-refractivity contribution in [2.45, 2.75) is 51.0 Å². The third-order valence-corrected chi connectivity index (χ3v) is 6.85. The van der Waals surface area contributed by atoms with Gasteiger partial charge in [0.25, 0.3) is 0 Å². The smallest absolute Gasteiger partial charge is 0.358 e. The van der Waals surface area contributed by atoms with Gasteiger partial charge in [0.2, 0.25) is 5.91 Å². The molecule has 1 aliphatic heterocycles. The molecule has 1 N–H and O–H groups in total. The molecule has 4 rings (SSSR count). The molecule has 1 amide bonds. The van der Waals surface area contributed by atoms with Crippen molar-refractivity contribution in [3.63, 3.8) is 0 Å². The number of benzene rings is 2. The van der Waals surface area contributed by atoms with Crippen LogP contribution >= 0.6 is 0 Å². The lowest BCUT2D eigenvalue weighted by molar-refractivity contribution is -0.137. The number of imidazole rings is 1. The first-order chi connectivity index (χ1) is 17.3. The normalized spacial score (nSPS) is 16.9. The standard InChI is InChI=1S/C28H31F3N4O/c1-4-22-26-23(16-13-19-11-14-21(15-12-19)28(29,30)31)34(17-18-35(26)24(5-2)33-22)25(27(36)32-3)20-9-7-6-8-10-20/h4,6-12,14-15,23,25H,1,5,13,16-18H2,2-3H3,(H,32,36)/t23-,25+/m0/s1. The molecule has 0 aliphatic carbocycles. The van der Waals surface area contributed by atoms with Crippen LogP contribution in [-0.4, -0.2) is 34.0 Å². The van der Waals surface area contributed by atoms with Crippen LogP contribution in [0.15, 0.2) is 61.2 Å². The molecule has 0 fully saturated rings. The van der Waals surface area contributed by atoms with Crippen molar-refractivity contribution in [3.8, 4) is 0 Å². The Morgan fingerprint density at radius 1 is 1.17 bits per heavy atom. The first-order valence-electron chi connectivity index (χ1n) is 12.2. The molecule has 2 aromatic carbocycles. The lowest BCUT2D eigenvalue weighted by atomic mass is 9.94. The van der Waals surface area contributed by atoms with Gasteiger partial charge in [-0.2, -0.15) is 13.2 Å². The third kappa shape index (κ3) is 5.09. The molecule has 0 saturated carbocycles. The summed E-state index contributed by atoms with van der Waals surface area (Å²) >= 11 is 0. The zero-order valence-corrected chi connectivity index (χ0v) is 20.6. The first kappa shape index (κ1) is 25.7. The van der Waals surface area contributed by atoms with Crippen LogP contribution in [0.4, 0.5) is 13.2 Å². The molecule has 0 spiro atoms. The summed E-state index contributed by atoms with van der Waals surface area (Å²) in [5.74, 6) is 0.861. The number of halogens is 3. The number of fused-ring (bicyclic) bond motifs is 1. The summed E-state index contributed by atoms with van der Waals surface area (Å²) in [4.78, 5) is 20.2. The number of nitrogens with one attached hydrogen (secondary N) is 1. The van der Waals surface area contributed by atoms with E-state index < -0.39 is 17.8 Å². The van der Waals surface area contributed by atoms with Crippen LogP contribution in [0.5, 0.6) is 0 Å². The van der Waals surface area contributed by atoms with Gasteiger partial charge in [0, 0.05) is 26.6 Å². The number of hydrogen-bond donors (Lipinski definition) is 1. The van der Waals surface area contributed by atoms with Crippen molar-refractivity contribution in [1.82, 2.24) is 19.8 Å². The Bertz CT molecular complexity index is 1200. The second kappa shape index (κ2) is 10.7. The monoisotopic (exact) mass is 496 g/mol. The van der Waals surface area contributed by atoms with Crippen LogP contribution < -0.4 is 5.32 Å². The van der Waals surface area contributed by atoms with Gasteiger partial charge in [-0.1, -0.05) is 56.0 Å². The highest BCUT2D eigenvalue weighted by molar-refractivity contribution is 5.83. The predicted octanol–water partition coefficient (Wildman–Crippen LogP) is 5.58. The zero-order valence-electron chi connectivity index (χ0n) is 20.6. The fourth-order valence-electron chi connectivity index (χ4n) is 5.12. The molecule has 3 aromatic rings. The molecule has 190 valence electrons. The number of amides is 1. The van der Waals surface area contributed by atoms with Gasteiger partial charge < -0.3 is 9.88 Å². The Hall–Kier alpha value is -3.39. The number of aromatic nitrogens is 2. The highest BCUT2D eigenvalue weighted by atomic mass is 19.4. The molecule has 2 atom stereocenters. The fraction of sp³-hybridized carbons (Fsp3) is 0.357. The molecule has 0 bridgehead atoms. The van der Waals surface area contributed by atoms with Crippen molar-refractivity contribution in [3.05, 3.63) is 95.1 Å². The van der Waals surface area contributed by atoms with E-state index in [0.717, 1.165) is 46.9 Å². The van der Waals surface area contributed by atoms with Crippen LogP contribution in [-0.2, 0) is 30.4 Å². The van der Waals surface area contributed by atoms with Crippen molar-refractivity contribution < 1.29 is 18.0 Å². The fourth-order valence-corrected chi connectivity index (χ4v) is 5.12. The highest BCUT2D eigenvalue weighted by Gasteiger charge is 2.39. The van der Waals surface area contributed by atoms with Gasteiger partial charge in [0.1, 0.15) is 11.9 Å². The van der Waals surface area contributed by atoms with E-state index in [9.17, 15) is 18.0 Å². The highest BCUT2D eigenvalue weighted by Crippen LogP contribution is 2.39. The predicted molar refractivity (Wildman–Crippen MR) is 134 cm³/mol. The van der Waals surface area contributed by atoms with Gasteiger partial charge in [-0.25, -0.2) is 4.98 Å². The lowest BCUT2D eigenvalue weighted by Crippen LogP contribution is -2.46. The zero-order chi connectivity index (χ0) is 25.9. The molecule has 0 saturated heterocycles. The van der Waals surface area contributed by atoms with E-state index in [1.165, 1.54) is 12.1 Å². The van der Waals surface area contributed by atoms with Gasteiger partial charge in [0.05, 0.1) is 23.0 Å². The molecule has 2 heterocycles. The van der Waals surface area contributed by atoms with Crippen molar-refractivity contribution in [1.29, 1.82) is 0 Å². The number of carbonyl (C=O) groups is 1. The first-order valence-corrected chi connectivity index (χ1v) is 12.2. The number of alkyl halides is 3. The van der Waals surface area contributed by atoms with Crippen molar-refractivity contribution in [2.24, 2.45) is 0 Å². The average molecular weight is 497 g/mol. The van der Waals surface area contributed by atoms with Gasteiger partial charge in [-0.05, 0) is 42.2 Å². The molecular formula is C28H31F3N4O. The van der Waals surface area contributed by atoms with E-state index in [1.807, 2.05) is 30.3 Å². The third-order valence-electron chi connectivity index (χ3n) is 6.85. The maximum Gasteiger partial charge on any atom is 0.416 e. The average Bonchev–Trinajstić information content (AvgIpc) is 3.26. The molecule has 0 unspecified atom stereocenters. The summed E-state index contributed by atoms with van der Waals surface area (Å²) in [7, 11) is 1.63. The van der Waals surface area contributed by atoms with Crippen LogP contribution in [0.2, 0.25) is 0 Å². The molecule has 1 aromatic heterocycles. The topological polar surface area (TPSA) is 50.2 Å². The van der Waals surface area contributed by atoms with Crippen LogP contribution in [0.25, 0.3) is 6.08 Å². The van der Waals surface area contributed by atoms with Crippen molar-refractivity contribution >= 4 is 12.0 Å². The number of rotatable bonds is 8. The van der Waals surface area contributed by atoms with Gasteiger partial charge in [0.15, 0.2) is 0 Å². The largest absolute Gasteiger partial charge is 0.416 e. The van der Waals surface area contributed by atoms with Crippen molar-refractivity contribution in [2.75, 3.05) is 13.6 Å². The van der Waals surface area contributed by atoms with E-state index in [4.69, 9.17) is 4.98 Å². The Labute approximate surface area is 209 Å². The minimum absolute atomic E-state index is 0.107. The molecule has 5 nitrogen and oxygen atoms in total. The Morgan fingerprint density at radius 2 is 1.86 bits per heavy atom. The minimum Gasteiger partial charge on any atom is -0.358 e. The van der Waals surface area contributed by atoms with Crippen LogP contribution in [0.3, 0.4) is 0 Å². The Balaban J connectivity index is 1.73. The summed E-state index contributed by atoms with van der Waals surface area (Å²) in [6, 6.07) is 14.3. The van der Waals surface area contributed by atoms with E-state index in [0.29, 0.717) is 25.9 Å². The molecule has 36 heavy (non-hydrogen) atoms. The SMILES string of the molecule is C=Cc1nc(CC)n2c1[C@H](CCc1ccc(C(F)(F)F)cc1)N([C@@H](C(=O)NC)c1ccccc1)CC2. The summed E-state index contributed by atoms with van der Waals surface area (Å²) < 4.78 is 41.3. The maximum atomic E-state index is 13.2. The van der Waals surface area contributed by atoms with E-state index in [1.54, 1.807) is 13.1 Å². The summed E-state index contributed by atoms with van der Waals surface area (Å²) in [6.45, 7) is 7.36. The Morgan fingerprint density at radius 3 is 2.44 bits per heavy atom. The molecule has 0 radical (unpaired) electrons. The Kier molecular flexibility index (Phi) is 7.64. The van der Waals surface area contributed by atoms with Crippen LogP contribution in [0, 0.1) is 0 Å². The number of likely N-dealkylation sites (N-methyl/N-ethyl adjacent to an activating group) is 1. The van der Waals surface area contributed by atoms with Gasteiger partial charge in [-0.3, -0.25) is 9.69 Å². The maximum absolute atomic E-state index is 13.2. The second-order valence-corrected chi connectivity index (χ2v) is 8.92. The number of nitrogens with zero attached hydrogens (tertiary/aromatic N) is 3. The van der Waals surface area contributed by atoms with E-state index >= 15 is 0 Å². The molecule has 1 aliphatic rings. The van der Waals surface area contributed by atoms with Gasteiger partial charge >= 0.3 is 6.18 Å². The minimum atomic E-state index is -4.36. The summed E-state index contributed by atoms with van der Waals surface area (Å²) in [5, 5.41) is 2.81. The number of carbonyl (C=O) groups excluding carboxylic acids is 1. The lowest BCUT2D eigenvalue weighted by Gasteiger charge is -2.42. The van der Waals surface area contributed by atoms with E-state index in [-0.39, 0.29) is 11.9 Å². The number of hydrogen-bond acceptors (Lipinski definition) is 3. The summed E-state index contributed by atoms with van der Waals surface area (Å²) in [6.07, 6.45) is -0.683. The number of aryl methyl sites for hydroxylation is 2. The second-order valence-electron chi connectivity index (χ2n) is 8.92. The van der Waals surface area contributed by atoms with Gasteiger partial charge in [-0.15, -0.1) is 0 Å². The molecular weight excluding hydrogens is 465 g/mol. The molecule has 8 heteroatoms. The van der Waals surface area contributed by atoms with E-state index in [2.05, 4.69) is 28.3 Å². The van der Waals surface area contributed by atoms with Crippen LogP contribution in [0.1, 0.15) is 59.3 Å².